The molecule has 2 heteroatoms. The van der Waals surface area contributed by atoms with E-state index in [1.807, 2.05) is 31.2 Å². The van der Waals surface area contributed by atoms with Gasteiger partial charge in [-0.05, 0) is 31.7 Å². The van der Waals surface area contributed by atoms with Crippen LogP contribution in [0.4, 0.5) is 0 Å². The summed E-state index contributed by atoms with van der Waals surface area (Å²) in [4.78, 5) is 12.1. The van der Waals surface area contributed by atoms with E-state index < -0.39 is 5.60 Å². The first-order valence-corrected chi connectivity index (χ1v) is 5.80. The Hall–Kier alpha value is -1.15. The van der Waals surface area contributed by atoms with Crippen LogP contribution in [-0.2, 0) is 16.0 Å². The number of ether oxygens (including phenoxy) is 1. The number of aryl methyl sites for hydroxylation is 1. The molecule has 0 amide bonds. The van der Waals surface area contributed by atoms with Crippen LogP contribution in [0.3, 0.4) is 0 Å². The second kappa shape index (κ2) is 4.38. The van der Waals surface area contributed by atoms with Crippen LogP contribution in [0.15, 0.2) is 24.3 Å². The van der Waals surface area contributed by atoms with Crippen molar-refractivity contribution in [2.45, 2.75) is 38.2 Å². The average Bonchev–Trinajstić information content (AvgIpc) is 2.21. The van der Waals surface area contributed by atoms with Crippen molar-refractivity contribution in [1.29, 1.82) is 0 Å². The number of carbonyl (C=O) groups is 1. The summed E-state index contributed by atoms with van der Waals surface area (Å²) in [6, 6.07) is 8.14. The minimum atomic E-state index is -0.467. The molecule has 0 aromatic heterocycles. The molecule has 0 radical (unpaired) electrons. The second-order valence-corrected chi connectivity index (χ2v) is 4.64. The Morgan fingerprint density at radius 2 is 1.94 bits per heavy atom. The van der Waals surface area contributed by atoms with E-state index in [-0.39, 0.29) is 5.78 Å². The molecule has 0 bridgehead atoms. The van der Waals surface area contributed by atoms with E-state index in [2.05, 4.69) is 0 Å². The minimum absolute atomic E-state index is 0.227. The molecule has 0 aliphatic heterocycles. The van der Waals surface area contributed by atoms with Crippen LogP contribution in [0.2, 0.25) is 0 Å². The molecule has 1 saturated carbocycles. The minimum Gasteiger partial charge on any atom is -0.370 e. The van der Waals surface area contributed by atoms with Crippen LogP contribution in [0.5, 0.6) is 0 Å². The van der Waals surface area contributed by atoms with Gasteiger partial charge in [-0.25, -0.2) is 0 Å². The maximum absolute atomic E-state index is 12.1. The summed E-state index contributed by atoms with van der Waals surface area (Å²) >= 11 is 0. The number of carbonyl (C=O) groups excluding carboxylic acids is 1. The van der Waals surface area contributed by atoms with Crippen molar-refractivity contribution in [3.8, 4) is 0 Å². The van der Waals surface area contributed by atoms with Gasteiger partial charge in [0.1, 0.15) is 5.60 Å². The Balaban J connectivity index is 2.04. The molecule has 2 nitrogen and oxygen atoms in total. The largest absolute Gasteiger partial charge is 0.370 e. The summed E-state index contributed by atoms with van der Waals surface area (Å²) in [5.74, 6) is 0.227. The summed E-state index contributed by atoms with van der Waals surface area (Å²) in [5, 5.41) is 0. The lowest BCUT2D eigenvalue weighted by molar-refractivity contribution is -0.151. The highest BCUT2D eigenvalue weighted by atomic mass is 16.5. The molecule has 0 saturated heterocycles. The third-order valence-electron chi connectivity index (χ3n) is 3.55. The first kappa shape index (κ1) is 11.3. The molecular formula is C14H18O2. The maximum atomic E-state index is 12.1. The van der Waals surface area contributed by atoms with Gasteiger partial charge in [0.25, 0.3) is 0 Å². The summed E-state index contributed by atoms with van der Waals surface area (Å²) in [7, 11) is 1.65. The lowest BCUT2D eigenvalue weighted by atomic mass is 9.75. The normalized spacial score (nSPS) is 17.9. The predicted molar refractivity (Wildman–Crippen MR) is 63.5 cm³/mol. The number of methoxy groups -OCH3 is 1. The van der Waals surface area contributed by atoms with Gasteiger partial charge in [0, 0.05) is 13.5 Å². The smallest absolute Gasteiger partial charge is 0.168 e. The van der Waals surface area contributed by atoms with E-state index in [4.69, 9.17) is 4.74 Å². The molecule has 2 rings (SSSR count). The molecule has 1 aliphatic carbocycles. The lowest BCUT2D eigenvalue weighted by Gasteiger charge is -2.38. The monoisotopic (exact) mass is 218 g/mol. The Morgan fingerprint density at radius 1 is 1.31 bits per heavy atom. The van der Waals surface area contributed by atoms with Crippen molar-refractivity contribution in [2.75, 3.05) is 7.11 Å². The molecule has 0 atom stereocenters. The quantitative estimate of drug-likeness (QED) is 0.776. The van der Waals surface area contributed by atoms with Crippen LogP contribution in [0, 0.1) is 6.92 Å². The highest BCUT2D eigenvalue weighted by Crippen LogP contribution is 2.36. The number of ketones is 1. The Labute approximate surface area is 96.6 Å². The van der Waals surface area contributed by atoms with Crippen molar-refractivity contribution in [3.63, 3.8) is 0 Å². The average molecular weight is 218 g/mol. The molecule has 0 N–H and O–H groups in total. The summed E-state index contributed by atoms with van der Waals surface area (Å²) in [6.07, 6.45) is 3.37. The summed E-state index contributed by atoms with van der Waals surface area (Å²) in [5.41, 5.74) is 1.84. The van der Waals surface area contributed by atoms with E-state index in [0.29, 0.717) is 6.42 Å². The van der Waals surface area contributed by atoms with Gasteiger partial charge in [0.2, 0.25) is 0 Å². The number of hydrogen-bond donors (Lipinski definition) is 0. The highest BCUT2D eigenvalue weighted by Gasteiger charge is 2.43. The molecular weight excluding hydrogens is 200 g/mol. The lowest BCUT2D eigenvalue weighted by Crippen LogP contribution is -2.47. The number of rotatable bonds is 4. The van der Waals surface area contributed by atoms with Crippen molar-refractivity contribution < 1.29 is 9.53 Å². The van der Waals surface area contributed by atoms with Crippen molar-refractivity contribution >= 4 is 5.78 Å². The SMILES string of the molecule is COC1(C(=O)Cc2ccc(C)cc2)CCC1. The maximum Gasteiger partial charge on any atom is 0.168 e. The van der Waals surface area contributed by atoms with Crippen molar-refractivity contribution in [2.24, 2.45) is 0 Å². The fraction of sp³-hybridized carbons (Fsp3) is 0.500. The van der Waals surface area contributed by atoms with E-state index in [1.54, 1.807) is 7.11 Å². The zero-order valence-corrected chi connectivity index (χ0v) is 9.95. The highest BCUT2D eigenvalue weighted by molar-refractivity contribution is 5.90. The van der Waals surface area contributed by atoms with E-state index in [9.17, 15) is 4.79 Å². The fourth-order valence-corrected chi connectivity index (χ4v) is 2.15. The first-order valence-electron chi connectivity index (χ1n) is 5.80. The van der Waals surface area contributed by atoms with E-state index >= 15 is 0 Å². The van der Waals surface area contributed by atoms with Crippen molar-refractivity contribution in [1.82, 2.24) is 0 Å². The van der Waals surface area contributed by atoms with Crippen LogP contribution >= 0.6 is 0 Å². The molecule has 1 fully saturated rings. The Bertz CT molecular complexity index is 369. The number of hydrogen-bond acceptors (Lipinski definition) is 2. The summed E-state index contributed by atoms with van der Waals surface area (Å²) < 4.78 is 5.38. The fourth-order valence-electron chi connectivity index (χ4n) is 2.15. The van der Waals surface area contributed by atoms with Gasteiger partial charge in [-0.3, -0.25) is 4.79 Å². The zero-order valence-electron chi connectivity index (χ0n) is 9.95. The van der Waals surface area contributed by atoms with Crippen LogP contribution in [0.25, 0.3) is 0 Å². The molecule has 1 aliphatic rings. The van der Waals surface area contributed by atoms with Gasteiger partial charge >= 0.3 is 0 Å². The van der Waals surface area contributed by atoms with Gasteiger partial charge in [-0.1, -0.05) is 29.8 Å². The standard InChI is InChI=1S/C14H18O2/c1-11-4-6-12(7-5-11)10-13(15)14(16-2)8-3-9-14/h4-7H,3,8-10H2,1-2H3. The topological polar surface area (TPSA) is 26.3 Å². The molecule has 0 spiro atoms. The second-order valence-electron chi connectivity index (χ2n) is 4.64. The first-order chi connectivity index (χ1) is 7.66. The molecule has 0 heterocycles. The Morgan fingerprint density at radius 3 is 2.38 bits per heavy atom. The van der Waals surface area contributed by atoms with Gasteiger partial charge in [0.15, 0.2) is 5.78 Å². The molecule has 16 heavy (non-hydrogen) atoms. The van der Waals surface area contributed by atoms with Crippen LogP contribution in [0.1, 0.15) is 30.4 Å². The van der Waals surface area contributed by atoms with Crippen molar-refractivity contribution in [3.05, 3.63) is 35.4 Å². The third-order valence-corrected chi connectivity index (χ3v) is 3.55. The molecule has 1 aromatic carbocycles. The predicted octanol–water partition coefficient (Wildman–Crippen LogP) is 2.68. The zero-order chi connectivity index (χ0) is 11.6. The third kappa shape index (κ3) is 2.03. The number of Topliss-reactive ketones (excluding diaryl/α,β-unsaturated/α-hetero) is 1. The molecule has 86 valence electrons. The van der Waals surface area contributed by atoms with Gasteiger partial charge in [-0.15, -0.1) is 0 Å². The van der Waals surface area contributed by atoms with E-state index in [0.717, 1.165) is 24.8 Å². The van der Waals surface area contributed by atoms with Gasteiger partial charge < -0.3 is 4.74 Å². The Kier molecular flexibility index (Phi) is 3.10. The number of benzene rings is 1. The molecule has 0 unspecified atom stereocenters. The summed E-state index contributed by atoms with van der Waals surface area (Å²) in [6.45, 7) is 2.05. The molecule has 1 aromatic rings. The van der Waals surface area contributed by atoms with Crippen LogP contribution < -0.4 is 0 Å². The van der Waals surface area contributed by atoms with E-state index in [1.165, 1.54) is 5.56 Å². The van der Waals surface area contributed by atoms with Gasteiger partial charge in [-0.2, -0.15) is 0 Å². The van der Waals surface area contributed by atoms with Crippen LogP contribution in [-0.4, -0.2) is 18.5 Å². The van der Waals surface area contributed by atoms with Gasteiger partial charge in [0.05, 0.1) is 0 Å².